The van der Waals surface area contributed by atoms with Crippen LogP contribution in [0.4, 0.5) is 4.39 Å². The zero-order chi connectivity index (χ0) is 12.6. The number of halogens is 1. The van der Waals surface area contributed by atoms with Crippen molar-refractivity contribution in [3.05, 3.63) is 12.7 Å². The molecule has 2 unspecified atom stereocenters. The first-order valence-corrected chi connectivity index (χ1v) is 9.68. The molecule has 0 heterocycles. The lowest BCUT2D eigenvalue weighted by atomic mass is 9.96. The predicted molar refractivity (Wildman–Crippen MR) is 72.0 cm³/mol. The molecule has 0 aliphatic carbocycles. The van der Waals surface area contributed by atoms with Crippen molar-refractivity contribution in [3.8, 4) is 0 Å². The molecule has 3 heteroatoms. The van der Waals surface area contributed by atoms with Crippen molar-refractivity contribution in [1.29, 1.82) is 0 Å². The van der Waals surface area contributed by atoms with Crippen molar-refractivity contribution in [2.24, 2.45) is 5.92 Å². The normalized spacial score (nSPS) is 15.8. The molecule has 0 aromatic rings. The Balaban J connectivity index is 4.24. The van der Waals surface area contributed by atoms with Crippen LogP contribution >= 0.6 is 0 Å². The second-order valence-electron chi connectivity index (χ2n) is 5.42. The second-order valence-corrected chi connectivity index (χ2v) is 9.88. The maximum atomic E-state index is 12.8. The molecule has 0 aliphatic heterocycles. The summed E-state index contributed by atoms with van der Waals surface area (Å²) >= 11 is 0. The van der Waals surface area contributed by atoms with Crippen molar-refractivity contribution in [3.63, 3.8) is 0 Å². The summed E-state index contributed by atoms with van der Waals surface area (Å²) < 4.78 is 18.9. The highest BCUT2D eigenvalue weighted by atomic mass is 28.4. The fraction of sp³-hybridized carbons (Fsp3) is 0.846. The van der Waals surface area contributed by atoms with Crippen LogP contribution < -0.4 is 0 Å². The smallest absolute Gasteiger partial charge is 0.184 e. The summed E-state index contributed by atoms with van der Waals surface area (Å²) in [4.78, 5) is 0. The van der Waals surface area contributed by atoms with Gasteiger partial charge in [-0.3, -0.25) is 4.39 Å². The first-order valence-electron chi connectivity index (χ1n) is 6.27. The van der Waals surface area contributed by atoms with E-state index in [0.29, 0.717) is 0 Å². The summed E-state index contributed by atoms with van der Waals surface area (Å²) in [6.07, 6.45) is 5.72. The SMILES string of the molecule is C=CCC(CC(CF)CCC)O[Si](C)(C)C. The van der Waals surface area contributed by atoms with Gasteiger partial charge in [0.25, 0.3) is 0 Å². The van der Waals surface area contributed by atoms with Gasteiger partial charge in [0.05, 0.1) is 6.67 Å². The van der Waals surface area contributed by atoms with Gasteiger partial charge in [-0.1, -0.05) is 19.4 Å². The minimum absolute atomic E-state index is 0.159. The first kappa shape index (κ1) is 15.8. The van der Waals surface area contributed by atoms with Gasteiger partial charge in [-0.15, -0.1) is 6.58 Å². The molecule has 96 valence electrons. The largest absolute Gasteiger partial charge is 0.414 e. The van der Waals surface area contributed by atoms with Crippen LogP contribution in [0.5, 0.6) is 0 Å². The molecule has 0 fully saturated rings. The molecule has 0 radical (unpaired) electrons. The van der Waals surface area contributed by atoms with Crippen LogP contribution in [-0.4, -0.2) is 21.1 Å². The Bertz CT molecular complexity index is 189. The van der Waals surface area contributed by atoms with Crippen LogP contribution in [0, 0.1) is 5.92 Å². The highest BCUT2D eigenvalue weighted by Gasteiger charge is 2.22. The van der Waals surface area contributed by atoms with E-state index in [2.05, 4.69) is 33.1 Å². The maximum Gasteiger partial charge on any atom is 0.184 e. The zero-order valence-electron chi connectivity index (χ0n) is 11.3. The zero-order valence-corrected chi connectivity index (χ0v) is 12.3. The van der Waals surface area contributed by atoms with Gasteiger partial charge in [0.15, 0.2) is 8.32 Å². The molecule has 0 bridgehead atoms. The van der Waals surface area contributed by atoms with E-state index in [0.717, 1.165) is 25.7 Å². The summed E-state index contributed by atoms with van der Waals surface area (Å²) in [6, 6.07) is 0. The Labute approximate surface area is 101 Å². The Morgan fingerprint density at radius 2 is 2.00 bits per heavy atom. The van der Waals surface area contributed by atoms with Crippen molar-refractivity contribution in [2.45, 2.75) is 58.4 Å². The first-order chi connectivity index (χ1) is 7.42. The third-order valence-corrected chi connectivity index (χ3v) is 3.50. The highest BCUT2D eigenvalue weighted by molar-refractivity contribution is 6.69. The Hall–Kier alpha value is -0.153. The van der Waals surface area contributed by atoms with Gasteiger partial charge in [-0.25, -0.2) is 0 Å². The topological polar surface area (TPSA) is 9.23 Å². The molecular formula is C13H27FOSi. The molecule has 0 spiro atoms. The molecule has 16 heavy (non-hydrogen) atoms. The molecule has 0 amide bonds. The predicted octanol–water partition coefficient (Wildman–Crippen LogP) is 4.56. The van der Waals surface area contributed by atoms with E-state index in [1.165, 1.54) is 0 Å². The molecule has 0 N–H and O–H groups in total. The van der Waals surface area contributed by atoms with E-state index < -0.39 is 8.32 Å². The molecule has 0 saturated heterocycles. The molecular weight excluding hydrogens is 219 g/mol. The summed E-state index contributed by atoms with van der Waals surface area (Å²) in [7, 11) is -1.53. The average Bonchev–Trinajstić information content (AvgIpc) is 2.15. The van der Waals surface area contributed by atoms with E-state index in [1.54, 1.807) is 0 Å². The van der Waals surface area contributed by atoms with Crippen LogP contribution in [0.25, 0.3) is 0 Å². The minimum atomic E-state index is -1.53. The van der Waals surface area contributed by atoms with Gasteiger partial charge in [0.2, 0.25) is 0 Å². The number of alkyl halides is 1. The lowest BCUT2D eigenvalue weighted by Gasteiger charge is -2.28. The molecule has 0 aromatic heterocycles. The second kappa shape index (κ2) is 8.01. The summed E-state index contributed by atoms with van der Waals surface area (Å²) in [5.41, 5.74) is 0. The third-order valence-electron chi connectivity index (χ3n) is 2.46. The van der Waals surface area contributed by atoms with Crippen molar-refractivity contribution >= 4 is 8.32 Å². The lowest BCUT2D eigenvalue weighted by Crippen LogP contribution is -2.33. The molecule has 2 atom stereocenters. The number of rotatable bonds is 9. The van der Waals surface area contributed by atoms with Crippen molar-refractivity contribution in [2.75, 3.05) is 6.67 Å². The summed E-state index contributed by atoms with van der Waals surface area (Å²) in [5.74, 6) is 0.159. The molecule has 0 aliphatic rings. The van der Waals surface area contributed by atoms with Crippen molar-refractivity contribution in [1.82, 2.24) is 0 Å². The molecule has 0 aromatic carbocycles. The Kier molecular flexibility index (Phi) is 7.94. The third kappa shape index (κ3) is 8.05. The number of hydrogen-bond donors (Lipinski definition) is 0. The maximum absolute atomic E-state index is 12.8. The van der Waals surface area contributed by atoms with Gasteiger partial charge in [0.1, 0.15) is 0 Å². The van der Waals surface area contributed by atoms with Gasteiger partial charge < -0.3 is 4.43 Å². The van der Waals surface area contributed by atoms with Gasteiger partial charge in [-0.2, -0.15) is 0 Å². The number of hydrogen-bond acceptors (Lipinski definition) is 1. The van der Waals surface area contributed by atoms with Gasteiger partial charge in [-0.05, 0) is 44.8 Å². The molecule has 0 saturated carbocycles. The van der Waals surface area contributed by atoms with E-state index in [1.807, 2.05) is 6.08 Å². The van der Waals surface area contributed by atoms with E-state index in [9.17, 15) is 4.39 Å². The summed E-state index contributed by atoms with van der Waals surface area (Å²) in [6.45, 7) is 12.1. The van der Waals surface area contributed by atoms with E-state index >= 15 is 0 Å². The average molecular weight is 246 g/mol. The van der Waals surface area contributed by atoms with E-state index in [-0.39, 0.29) is 18.7 Å². The highest BCUT2D eigenvalue weighted by Crippen LogP contribution is 2.21. The molecule has 1 nitrogen and oxygen atoms in total. The van der Waals surface area contributed by atoms with Gasteiger partial charge >= 0.3 is 0 Å². The van der Waals surface area contributed by atoms with Crippen LogP contribution in [-0.2, 0) is 4.43 Å². The fourth-order valence-corrected chi connectivity index (χ4v) is 3.11. The van der Waals surface area contributed by atoms with Crippen LogP contribution in [0.1, 0.15) is 32.6 Å². The Morgan fingerprint density at radius 3 is 2.38 bits per heavy atom. The van der Waals surface area contributed by atoms with Crippen LogP contribution in [0.2, 0.25) is 19.6 Å². The van der Waals surface area contributed by atoms with E-state index in [4.69, 9.17) is 4.43 Å². The monoisotopic (exact) mass is 246 g/mol. The summed E-state index contributed by atoms with van der Waals surface area (Å²) in [5, 5.41) is 0. The van der Waals surface area contributed by atoms with Crippen molar-refractivity contribution < 1.29 is 8.82 Å². The molecule has 0 rings (SSSR count). The lowest BCUT2D eigenvalue weighted by molar-refractivity contribution is 0.148. The quantitative estimate of drug-likeness (QED) is 0.428. The minimum Gasteiger partial charge on any atom is -0.414 e. The van der Waals surface area contributed by atoms with Crippen LogP contribution in [0.3, 0.4) is 0 Å². The van der Waals surface area contributed by atoms with Crippen LogP contribution in [0.15, 0.2) is 12.7 Å². The Morgan fingerprint density at radius 1 is 1.38 bits per heavy atom. The van der Waals surface area contributed by atoms with Gasteiger partial charge in [0, 0.05) is 6.10 Å². The fourth-order valence-electron chi connectivity index (χ4n) is 1.92. The standard InChI is InChI=1S/C13H27FOSi/c1-6-8-12(11-14)10-13(9-7-2)15-16(3,4)5/h7,12-13H,2,6,8-11H2,1,3-5H3.